The van der Waals surface area contributed by atoms with E-state index >= 15 is 0 Å². The first kappa shape index (κ1) is 23.5. The molecule has 3 aromatic rings. The van der Waals surface area contributed by atoms with Crippen LogP contribution in [-0.2, 0) is 4.74 Å². The summed E-state index contributed by atoms with van der Waals surface area (Å²) in [6, 6.07) is 9.64. The minimum absolute atomic E-state index is 0.112. The van der Waals surface area contributed by atoms with Crippen LogP contribution in [0.3, 0.4) is 0 Å². The van der Waals surface area contributed by atoms with Gasteiger partial charge in [-0.3, -0.25) is 9.20 Å². The standard InChI is InChI=1S/C25H29FN4O4/c1-4-5-12-34-25(32)29-11-10-19(15-29)28(2)18-7-9-23-27-21(14-24(31)30(23)16-18)17-6-8-22(33-3)20(26)13-17/h6-9,13-14,16,19H,4-5,10-12,15H2,1-3H3. The predicted molar refractivity (Wildman–Crippen MR) is 128 cm³/mol. The molecule has 0 saturated carbocycles. The Morgan fingerprint density at radius 2 is 2.09 bits per heavy atom. The van der Waals surface area contributed by atoms with Crippen LogP contribution in [0.2, 0.25) is 0 Å². The van der Waals surface area contributed by atoms with Crippen molar-refractivity contribution in [1.29, 1.82) is 0 Å². The first-order valence-corrected chi connectivity index (χ1v) is 11.4. The molecule has 3 heterocycles. The van der Waals surface area contributed by atoms with E-state index in [-0.39, 0.29) is 23.4 Å². The fourth-order valence-corrected chi connectivity index (χ4v) is 4.10. The maximum atomic E-state index is 14.1. The summed E-state index contributed by atoms with van der Waals surface area (Å²) in [7, 11) is 3.35. The van der Waals surface area contributed by atoms with Gasteiger partial charge in [0.2, 0.25) is 0 Å². The number of anilines is 1. The Morgan fingerprint density at radius 3 is 2.82 bits per heavy atom. The fourth-order valence-electron chi connectivity index (χ4n) is 4.10. The summed E-state index contributed by atoms with van der Waals surface area (Å²) in [5.74, 6) is -0.382. The molecule has 1 saturated heterocycles. The van der Waals surface area contributed by atoms with Gasteiger partial charge in [0.15, 0.2) is 11.6 Å². The second kappa shape index (κ2) is 10.1. The van der Waals surface area contributed by atoms with Gasteiger partial charge in [0.25, 0.3) is 5.56 Å². The summed E-state index contributed by atoms with van der Waals surface area (Å²) < 4.78 is 25.9. The van der Waals surface area contributed by atoms with E-state index in [1.165, 1.54) is 29.7 Å². The molecule has 0 aliphatic carbocycles. The Kier molecular flexibility index (Phi) is 7.00. The van der Waals surface area contributed by atoms with Crippen molar-refractivity contribution in [3.8, 4) is 17.0 Å². The molecule has 2 aromatic heterocycles. The number of carbonyl (C=O) groups is 1. The number of rotatable bonds is 7. The van der Waals surface area contributed by atoms with Crippen molar-refractivity contribution in [2.75, 3.05) is 38.8 Å². The monoisotopic (exact) mass is 468 g/mol. The van der Waals surface area contributed by atoms with Crippen LogP contribution in [0.1, 0.15) is 26.2 Å². The van der Waals surface area contributed by atoms with Crippen molar-refractivity contribution in [1.82, 2.24) is 14.3 Å². The Morgan fingerprint density at radius 1 is 1.26 bits per heavy atom. The van der Waals surface area contributed by atoms with Crippen molar-refractivity contribution in [3.05, 3.63) is 58.8 Å². The van der Waals surface area contributed by atoms with Crippen LogP contribution >= 0.6 is 0 Å². The zero-order valence-electron chi connectivity index (χ0n) is 19.7. The fraction of sp³-hybridized carbons (Fsp3) is 0.400. The van der Waals surface area contributed by atoms with E-state index in [4.69, 9.17) is 9.47 Å². The summed E-state index contributed by atoms with van der Waals surface area (Å²) >= 11 is 0. The normalized spacial score (nSPS) is 15.5. The molecule has 1 unspecified atom stereocenters. The number of aromatic nitrogens is 2. The molecular weight excluding hydrogens is 439 g/mol. The third kappa shape index (κ3) is 4.83. The molecule has 0 spiro atoms. The Hall–Kier alpha value is -3.62. The number of fused-ring (bicyclic) bond motifs is 1. The molecule has 180 valence electrons. The van der Waals surface area contributed by atoms with Crippen molar-refractivity contribution in [2.45, 2.75) is 32.2 Å². The molecule has 0 radical (unpaired) electrons. The van der Waals surface area contributed by atoms with Crippen molar-refractivity contribution >= 4 is 17.4 Å². The van der Waals surface area contributed by atoms with Crippen molar-refractivity contribution in [3.63, 3.8) is 0 Å². The highest BCUT2D eigenvalue weighted by atomic mass is 19.1. The number of likely N-dealkylation sites (tertiary alicyclic amines) is 1. The van der Waals surface area contributed by atoms with Gasteiger partial charge in [-0.2, -0.15) is 0 Å². The predicted octanol–water partition coefficient (Wildman–Crippen LogP) is 3.96. The van der Waals surface area contributed by atoms with E-state index in [0.717, 1.165) is 24.9 Å². The van der Waals surface area contributed by atoms with Crippen LogP contribution in [0, 0.1) is 5.82 Å². The van der Waals surface area contributed by atoms with Crippen LogP contribution in [0.4, 0.5) is 14.9 Å². The van der Waals surface area contributed by atoms with Gasteiger partial charge in [0.05, 0.1) is 25.1 Å². The SMILES string of the molecule is CCCCOC(=O)N1CCC(N(C)c2ccc3nc(-c4ccc(OC)c(F)c4)cc(=O)n3c2)C1. The summed E-state index contributed by atoms with van der Waals surface area (Å²) in [5, 5.41) is 0. The zero-order chi connectivity index (χ0) is 24.2. The minimum Gasteiger partial charge on any atom is -0.494 e. The van der Waals surface area contributed by atoms with Gasteiger partial charge in [0, 0.05) is 44.0 Å². The smallest absolute Gasteiger partial charge is 0.409 e. The maximum Gasteiger partial charge on any atom is 0.409 e. The summed E-state index contributed by atoms with van der Waals surface area (Å²) in [5.41, 5.74) is 1.92. The van der Waals surface area contributed by atoms with Gasteiger partial charge >= 0.3 is 6.09 Å². The number of ether oxygens (including phenoxy) is 2. The topological polar surface area (TPSA) is 76.4 Å². The first-order valence-electron chi connectivity index (χ1n) is 11.4. The largest absolute Gasteiger partial charge is 0.494 e. The van der Waals surface area contributed by atoms with E-state index in [1.54, 1.807) is 23.2 Å². The van der Waals surface area contributed by atoms with E-state index < -0.39 is 5.82 Å². The molecule has 0 bridgehead atoms. The van der Waals surface area contributed by atoms with E-state index in [0.29, 0.717) is 36.6 Å². The second-order valence-corrected chi connectivity index (χ2v) is 8.41. The van der Waals surface area contributed by atoms with Gasteiger partial charge < -0.3 is 19.3 Å². The maximum absolute atomic E-state index is 14.1. The number of hydrogen-bond donors (Lipinski definition) is 0. The molecule has 1 aromatic carbocycles. The number of halogens is 1. The lowest BCUT2D eigenvalue weighted by atomic mass is 10.1. The van der Waals surface area contributed by atoms with Crippen LogP contribution < -0.4 is 15.2 Å². The molecule has 0 N–H and O–H groups in total. The van der Waals surface area contributed by atoms with E-state index in [2.05, 4.69) is 16.8 Å². The van der Waals surface area contributed by atoms with Gasteiger partial charge in [-0.1, -0.05) is 13.3 Å². The number of benzene rings is 1. The van der Waals surface area contributed by atoms with Crippen LogP contribution in [0.15, 0.2) is 47.4 Å². The number of carbonyl (C=O) groups excluding carboxylic acids is 1. The second-order valence-electron chi connectivity index (χ2n) is 8.41. The van der Waals surface area contributed by atoms with Crippen LogP contribution in [0.25, 0.3) is 16.9 Å². The lowest BCUT2D eigenvalue weighted by molar-refractivity contribution is 0.109. The number of unbranched alkanes of at least 4 members (excludes halogenated alkanes) is 1. The number of amides is 1. The number of hydrogen-bond acceptors (Lipinski definition) is 6. The third-order valence-corrected chi connectivity index (χ3v) is 6.19. The minimum atomic E-state index is -0.515. The molecule has 4 rings (SSSR count). The lowest BCUT2D eigenvalue weighted by Gasteiger charge is -2.27. The van der Waals surface area contributed by atoms with Gasteiger partial charge in [-0.15, -0.1) is 0 Å². The molecular formula is C25H29FN4O4. The average Bonchev–Trinajstić information content (AvgIpc) is 3.34. The van der Waals surface area contributed by atoms with Gasteiger partial charge in [0.1, 0.15) is 5.65 Å². The van der Waals surface area contributed by atoms with E-state index in [9.17, 15) is 14.0 Å². The highest BCUT2D eigenvalue weighted by Gasteiger charge is 2.30. The molecule has 1 atom stereocenters. The number of pyridine rings is 1. The van der Waals surface area contributed by atoms with Crippen LogP contribution in [0.5, 0.6) is 5.75 Å². The summed E-state index contributed by atoms with van der Waals surface area (Å²) in [6.07, 6.45) is 4.12. The third-order valence-electron chi connectivity index (χ3n) is 6.19. The highest BCUT2D eigenvalue weighted by molar-refractivity contribution is 5.68. The van der Waals surface area contributed by atoms with E-state index in [1.807, 2.05) is 13.1 Å². The Labute approximate surface area is 197 Å². The molecule has 1 fully saturated rings. The van der Waals surface area contributed by atoms with Crippen molar-refractivity contribution < 1.29 is 18.7 Å². The quantitative estimate of drug-likeness (QED) is 0.489. The molecule has 34 heavy (non-hydrogen) atoms. The van der Waals surface area contributed by atoms with Gasteiger partial charge in [-0.05, 0) is 43.2 Å². The van der Waals surface area contributed by atoms with Crippen molar-refractivity contribution in [2.24, 2.45) is 0 Å². The average molecular weight is 469 g/mol. The number of likely N-dealkylation sites (N-methyl/N-ethyl adjacent to an activating group) is 1. The Balaban J connectivity index is 1.52. The first-order chi connectivity index (χ1) is 16.4. The van der Waals surface area contributed by atoms with Gasteiger partial charge in [-0.25, -0.2) is 14.2 Å². The summed E-state index contributed by atoms with van der Waals surface area (Å²) in [6.45, 7) is 3.70. The molecule has 8 nitrogen and oxygen atoms in total. The van der Waals surface area contributed by atoms with Crippen LogP contribution in [-0.4, -0.2) is 60.3 Å². The molecule has 1 aliphatic rings. The molecule has 1 amide bonds. The molecule has 1 aliphatic heterocycles. The number of nitrogens with zero attached hydrogens (tertiary/aromatic N) is 4. The number of methoxy groups -OCH3 is 1. The zero-order valence-corrected chi connectivity index (χ0v) is 19.7. The Bertz CT molecular complexity index is 1250. The lowest BCUT2D eigenvalue weighted by Crippen LogP contribution is -2.37. The highest BCUT2D eigenvalue weighted by Crippen LogP contribution is 2.25. The molecule has 9 heteroatoms. The summed E-state index contributed by atoms with van der Waals surface area (Å²) in [4.78, 5) is 33.4.